The SMILES string of the molecule is Nc1ccc(S(=O)(=O)CCCF)c(Br)c1. The summed E-state index contributed by atoms with van der Waals surface area (Å²) in [5, 5.41) is 0. The Hall–Kier alpha value is -0.620. The number of rotatable bonds is 4. The molecule has 1 aromatic carbocycles. The van der Waals surface area contributed by atoms with Crippen LogP contribution in [0.15, 0.2) is 27.6 Å². The average molecular weight is 296 g/mol. The molecule has 0 fully saturated rings. The molecule has 0 aliphatic carbocycles. The Morgan fingerprint density at radius 3 is 2.60 bits per heavy atom. The van der Waals surface area contributed by atoms with E-state index in [4.69, 9.17) is 5.73 Å². The van der Waals surface area contributed by atoms with Crippen LogP contribution in [0.3, 0.4) is 0 Å². The van der Waals surface area contributed by atoms with Crippen LogP contribution in [0.4, 0.5) is 10.1 Å². The zero-order chi connectivity index (χ0) is 11.5. The molecule has 0 atom stereocenters. The minimum Gasteiger partial charge on any atom is -0.399 e. The van der Waals surface area contributed by atoms with Gasteiger partial charge in [0.25, 0.3) is 0 Å². The lowest BCUT2D eigenvalue weighted by Gasteiger charge is -2.06. The molecule has 15 heavy (non-hydrogen) atoms. The molecule has 0 radical (unpaired) electrons. The van der Waals surface area contributed by atoms with Gasteiger partial charge in [-0.3, -0.25) is 4.39 Å². The van der Waals surface area contributed by atoms with Crippen molar-refractivity contribution in [3.63, 3.8) is 0 Å². The van der Waals surface area contributed by atoms with Crippen LogP contribution in [0.25, 0.3) is 0 Å². The number of alkyl halides is 1. The lowest BCUT2D eigenvalue weighted by Crippen LogP contribution is -2.08. The summed E-state index contributed by atoms with van der Waals surface area (Å²) >= 11 is 3.12. The van der Waals surface area contributed by atoms with Crippen molar-refractivity contribution in [3.05, 3.63) is 22.7 Å². The predicted molar refractivity (Wildman–Crippen MR) is 61.2 cm³/mol. The highest BCUT2D eigenvalue weighted by Gasteiger charge is 2.17. The Labute approximate surface area is 96.5 Å². The van der Waals surface area contributed by atoms with E-state index in [0.717, 1.165) is 0 Å². The maximum absolute atomic E-state index is 11.9. The molecule has 3 nitrogen and oxygen atoms in total. The van der Waals surface area contributed by atoms with Gasteiger partial charge in [-0.05, 0) is 40.5 Å². The summed E-state index contributed by atoms with van der Waals surface area (Å²) in [5.41, 5.74) is 5.96. The number of nitrogens with two attached hydrogens (primary N) is 1. The molecule has 0 amide bonds. The van der Waals surface area contributed by atoms with Gasteiger partial charge in [0.05, 0.1) is 17.3 Å². The maximum atomic E-state index is 11.9. The van der Waals surface area contributed by atoms with Crippen molar-refractivity contribution in [2.45, 2.75) is 11.3 Å². The van der Waals surface area contributed by atoms with Crippen LogP contribution in [-0.2, 0) is 9.84 Å². The maximum Gasteiger partial charge on any atom is 0.179 e. The van der Waals surface area contributed by atoms with E-state index in [9.17, 15) is 12.8 Å². The number of hydrogen-bond acceptors (Lipinski definition) is 3. The lowest BCUT2D eigenvalue weighted by atomic mass is 10.3. The second-order valence-corrected chi connectivity index (χ2v) is 5.98. The van der Waals surface area contributed by atoms with Gasteiger partial charge in [0.15, 0.2) is 9.84 Å². The van der Waals surface area contributed by atoms with Gasteiger partial charge in [-0.2, -0.15) is 0 Å². The minimum absolute atomic E-state index is 0.0130. The fourth-order valence-corrected chi connectivity index (χ4v) is 3.60. The van der Waals surface area contributed by atoms with Gasteiger partial charge in [-0.15, -0.1) is 0 Å². The second kappa shape index (κ2) is 4.94. The van der Waals surface area contributed by atoms with E-state index in [2.05, 4.69) is 15.9 Å². The van der Waals surface area contributed by atoms with Crippen molar-refractivity contribution in [1.82, 2.24) is 0 Å². The van der Waals surface area contributed by atoms with Gasteiger partial charge in [-0.25, -0.2) is 8.42 Å². The molecule has 0 aliphatic rings. The summed E-state index contributed by atoms with van der Waals surface area (Å²) in [4.78, 5) is 0.158. The topological polar surface area (TPSA) is 60.2 Å². The second-order valence-electron chi connectivity index (χ2n) is 3.05. The van der Waals surface area contributed by atoms with E-state index in [-0.39, 0.29) is 17.1 Å². The van der Waals surface area contributed by atoms with E-state index < -0.39 is 16.5 Å². The van der Waals surface area contributed by atoms with E-state index in [1.807, 2.05) is 0 Å². The van der Waals surface area contributed by atoms with Crippen molar-refractivity contribution < 1.29 is 12.8 Å². The van der Waals surface area contributed by atoms with Gasteiger partial charge >= 0.3 is 0 Å². The van der Waals surface area contributed by atoms with E-state index >= 15 is 0 Å². The monoisotopic (exact) mass is 295 g/mol. The molecule has 0 aliphatic heterocycles. The van der Waals surface area contributed by atoms with Crippen LogP contribution < -0.4 is 5.73 Å². The van der Waals surface area contributed by atoms with E-state index in [1.165, 1.54) is 18.2 Å². The molecule has 1 rings (SSSR count). The number of anilines is 1. The van der Waals surface area contributed by atoms with Crippen molar-refractivity contribution in [2.75, 3.05) is 18.2 Å². The fourth-order valence-electron chi connectivity index (χ4n) is 1.12. The van der Waals surface area contributed by atoms with Crippen LogP contribution in [0, 0.1) is 0 Å². The van der Waals surface area contributed by atoms with Gasteiger partial charge in [0, 0.05) is 10.2 Å². The highest BCUT2D eigenvalue weighted by atomic mass is 79.9. The number of halogens is 2. The van der Waals surface area contributed by atoms with Crippen LogP contribution in [0.1, 0.15) is 6.42 Å². The van der Waals surface area contributed by atoms with Crippen molar-refractivity contribution in [1.29, 1.82) is 0 Å². The molecule has 6 heteroatoms. The summed E-state index contributed by atoms with van der Waals surface area (Å²) in [5.74, 6) is -0.188. The summed E-state index contributed by atoms with van der Waals surface area (Å²) in [6, 6.07) is 4.45. The molecule has 0 unspecified atom stereocenters. The molecule has 0 saturated heterocycles. The number of hydrogen-bond donors (Lipinski definition) is 1. The number of sulfone groups is 1. The molecule has 2 N–H and O–H groups in total. The molecule has 0 aromatic heterocycles. The number of benzene rings is 1. The molecule has 0 bridgehead atoms. The summed E-state index contributed by atoms with van der Waals surface area (Å²) in [6.07, 6.45) is 0.0130. The Kier molecular flexibility index (Phi) is 4.10. The fraction of sp³-hybridized carbons (Fsp3) is 0.333. The first-order chi connectivity index (χ1) is 6.97. The molecule has 0 saturated carbocycles. The third kappa shape index (κ3) is 3.17. The van der Waals surface area contributed by atoms with Gasteiger partial charge in [-0.1, -0.05) is 0 Å². The Balaban J connectivity index is 3.05. The van der Waals surface area contributed by atoms with Crippen LogP contribution in [0.2, 0.25) is 0 Å². The smallest absolute Gasteiger partial charge is 0.179 e. The number of nitrogen functional groups attached to an aromatic ring is 1. The standard InChI is InChI=1S/C9H11BrFNO2S/c10-8-6-7(12)2-3-9(8)15(13,14)5-1-4-11/h2-3,6H,1,4-5,12H2. The van der Waals surface area contributed by atoms with Gasteiger partial charge in [0.2, 0.25) is 0 Å². The predicted octanol–water partition coefficient (Wildman–Crippen LogP) is 2.16. The van der Waals surface area contributed by atoms with Crippen LogP contribution >= 0.6 is 15.9 Å². The quantitative estimate of drug-likeness (QED) is 0.866. The minimum atomic E-state index is -3.41. The molecule has 1 aromatic rings. The van der Waals surface area contributed by atoms with E-state index in [0.29, 0.717) is 10.2 Å². The molecular formula is C9H11BrFNO2S. The molecular weight excluding hydrogens is 285 g/mol. The highest BCUT2D eigenvalue weighted by molar-refractivity contribution is 9.10. The normalized spacial score (nSPS) is 11.6. The Morgan fingerprint density at radius 1 is 1.40 bits per heavy atom. The van der Waals surface area contributed by atoms with Crippen LogP contribution in [0.5, 0.6) is 0 Å². The van der Waals surface area contributed by atoms with Crippen molar-refractivity contribution in [2.24, 2.45) is 0 Å². The first kappa shape index (κ1) is 12.4. The van der Waals surface area contributed by atoms with Crippen molar-refractivity contribution >= 4 is 31.5 Å². The van der Waals surface area contributed by atoms with Gasteiger partial charge < -0.3 is 5.73 Å². The first-order valence-corrected chi connectivity index (χ1v) is 6.75. The summed E-state index contributed by atoms with van der Waals surface area (Å²) in [6.45, 7) is -0.633. The third-order valence-electron chi connectivity index (χ3n) is 1.84. The molecule has 0 heterocycles. The van der Waals surface area contributed by atoms with Crippen LogP contribution in [-0.4, -0.2) is 20.8 Å². The van der Waals surface area contributed by atoms with E-state index in [1.54, 1.807) is 0 Å². The Bertz CT molecular complexity index is 447. The largest absolute Gasteiger partial charge is 0.399 e. The zero-order valence-corrected chi connectivity index (χ0v) is 10.3. The first-order valence-electron chi connectivity index (χ1n) is 4.31. The highest BCUT2D eigenvalue weighted by Crippen LogP contribution is 2.25. The average Bonchev–Trinajstić information content (AvgIpc) is 2.14. The summed E-state index contributed by atoms with van der Waals surface area (Å²) in [7, 11) is -3.41. The zero-order valence-electron chi connectivity index (χ0n) is 7.91. The summed E-state index contributed by atoms with van der Waals surface area (Å²) < 4.78 is 35.7. The van der Waals surface area contributed by atoms with Crippen molar-refractivity contribution in [3.8, 4) is 0 Å². The lowest BCUT2D eigenvalue weighted by molar-refractivity contribution is 0.484. The van der Waals surface area contributed by atoms with Gasteiger partial charge in [0.1, 0.15) is 0 Å². The molecule has 84 valence electrons. The third-order valence-corrected chi connectivity index (χ3v) is 4.61. The molecule has 0 spiro atoms. The Morgan fingerprint density at radius 2 is 2.07 bits per heavy atom.